The smallest absolute Gasteiger partial charge is 0.422 e. The average molecular weight is 241 g/mol. The van der Waals surface area contributed by atoms with Crippen LogP contribution in [0.5, 0.6) is 0 Å². The lowest BCUT2D eigenvalue weighted by molar-refractivity contribution is 0.0888. The minimum atomic E-state index is -1.43. The molecule has 1 heterocycles. The van der Waals surface area contributed by atoms with Crippen LogP contribution in [-0.2, 0) is 11.5 Å². The van der Waals surface area contributed by atoms with Gasteiger partial charge in [-0.2, -0.15) is 0 Å². The molecule has 0 aliphatic heterocycles. The van der Waals surface area contributed by atoms with Gasteiger partial charge in [0.2, 0.25) is 0 Å². The number of hydrogen-bond acceptors (Lipinski definition) is 3. The number of ether oxygens (including phenoxy) is 1. The second kappa shape index (κ2) is 5.68. The first-order valence-corrected chi connectivity index (χ1v) is 9.20. The number of aromatic nitrogens is 1. The zero-order chi connectivity index (χ0) is 12.2. The largest absolute Gasteiger partial charge is 0.506 e. The summed E-state index contributed by atoms with van der Waals surface area (Å²) in [6.45, 7) is 8.01. The van der Waals surface area contributed by atoms with Crippen molar-refractivity contribution in [2.24, 2.45) is 0 Å². The minimum absolute atomic E-state index is 0.379. The molecule has 1 aromatic rings. The van der Waals surface area contributed by atoms with Crippen molar-refractivity contribution in [2.75, 3.05) is 6.61 Å². The molecule has 16 heavy (non-hydrogen) atoms. The molecule has 4 nitrogen and oxygen atoms in total. The molecule has 0 aliphatic rings. The van der Waals surface area contributed by atoms with E-state index in [9.17, 15) is 0 Å². The first kappa shape index (κ1) is 13.5. The van der Waals surface area contributed by atoms with E-state index in [4.69, 9.17) is 14.8 Å². The standard InChI is InChI=1S/C10H20BNO3Si/c1-16(2,3)8-7-15-9-12-6-4-5-10(12)11(13)14/h4-6,13-14H,7-9H2,1-3H3. The van der Waals surface area contributed by atoms with Crippen LogP contribution in [0.2, 0.25) is 25.7 Å². The molecule has 1 aromatic heterocycles. The molecular weight excluding hydrogens is 221 g/mol. The highest BCUT2D eigenvalue weighted by Crippen LogP contribution is 2.07. The van der Waals surface area contributed by atoms with E-state index < -0.39 is 15.2 Å². The molecule has 0 spiro atoms. The van der Waals surface area contributed by atoms with Gasteiger partial charge in [0.15, 0.2) is 0 Å². The summed E-state index contributed by atoms with van der Waals surface area (Å²) >= 11 is 0. The van der Waals surface area contributed by atoms with Gasteiger partial charge in [0.05, 0.1) is 0 Å². The monoisotopic (exact) mass is 241 g/mol. The van der Waals surface area contributed by atoms with Crippen LogP contribution in [0.4, 0.5) is 0 Å². The van der Waals surface area contributed by atoms with Gasteiger partial charge in [-0.25, -0.2) is 0 Å². The summed E-state index contributed by atoms with van der Waals surface area (Å²) < 4.78 is 7.22. The SMILES string of the molecule is C[Si](C)(C)CCOCn1cccc1B(O)O. The Balaban J connectivity index is 2.35. The summed E-state index contributed by atoms with van der Waals surface area (Å²) in [5.41, 5.74) is 0.466. The lowest BCUT2D eigenvalue weighted by Crippen LogP contribution is -2.36. The lowest BCUT2D eigenvalue weighted by atomic mass is 9.86. The summed E-state index contributed by atoms with van der Waals surface area (Å²) in [7, 11) is -2.48. The molecule has 0 bridgehead atoms. The van der Waals surface area contributed by atoms with Crippen LogP contribution in [-0.4, -0.2) is 36.4 Å². The summed E-state index contributed by atoms with van der Waals surface area (Å²) in [6.07, 6.45) is 1.78. The zero-order valence-corrected chi connectivity index (χ0v) is 11.2. The highest BCUT2D eigenvalue weighted by atomic mass is 28.3. The Morgan fingerprint density at radius 3 is 2.62 bits per heavy atom. The molecule has 0 saturated carbocycles. The molecule has 6 heteroatoms. The Labute approximate surface area is 98.0 Å². The van der Waals surface area contributed by atoms with Crippen molar-refractivity contribution in [2.45, 2.75) is 32.4 Å². The summed E-state index contributed by atoms with van der Waals surface area (Å²) in [5.74, 6) is 0. The number of rotatable bonds is 6. The first-order valence-electron chi connectivity index (χ1n) is 5.49. The fourth-order valence-corrected chi connectivity index (χ4v) is 2.08. The molecule has 0 aliphatic carbocycles. The predicted molar refractivity (Wildman–Crippen MR) is 68.4 cm³/mol. The second-order valence-electron chi connectivity index (χ2n) is 5.12. The fourth-order valence-electron chi connectivity index (χ4n) is 1.32. The van der Waals surface area contributed by atoms with Crippen molar-refractivity contribution >= 4 is 20.8 Å². The Bertz CT molecular complexity index is 322. The predicted octanol–water partition coefficient (Wildman–Crippen LogP) is 0.480. The van der Waals surface area contributed by atoms with E-state index in [1.807, 2.05) is 0 Å². The van der Waals surface area contributed by atoms with Crippen LogP contribution in [0.1, 0.15) is 0 Å². The van der Waals surface area contributed by atoms with E-state index in [-0.39, 0.29) is 0 Å². The first-order chi connectivity index (χ1) is 7.40. The summed E-state index contributed by atoms with van der Waals surface area (Å²) in [4.78, 5) is 0. The maximum atomic E-state index is 9.07. The second-order valence-corrected chi connectivity index (χ2v) is 10.7. The fraction of sp³-hybridized carbons (Fsp3) is 0.600. The molecule has 0 unspecified atom stereocenters. The summed E-state index contributed by atoms with van der Waals surface area (Å²) in [6, 6.07) is 4.56. The van der Waals surface area contributed by atoms with Crippen LogP contribution in [0.3, 0.4) is 0 Å². The molecule has 0 aromatic carbocycles. The third kappa shape index (κ3) is 4.53. The zero-order valence-electron chi connectivity index (χ0n) is 10.2. The molecule has 1 rings (SSSR count). The average Bonchev–Trinajstić information content (AvgIpc) is 2.58. The van der Waals surface area contributed by atoms with Crippen molar-refractivity contribution in [3.8, 4) is 0 Å². The molecule has 2 N–H and O–H groups in total. The van der Waals surface area contributed by atoms with E-state index in [0.717, 1.165) is 12.7 Å². The maximum Gasteiger partial charge on any atom is 0.506 e. The molecule has 0 fully saturated rings. The Morgan fingerprint density at radius 2 is 2.06 bits per heavy atom. The molecule has 0 radical (unpaired) electrons. The van der Waals surface area contributed by atoms with E-state index in [1.54, 1.807) is 22.9 Å². The highest BCUT2D eigenvalue weighted by molar-refractivity contribution is 6.76. The van der Waals surface area contributed by atoms with E-state index in [0.29, 0.717) is 12.3 Å². The minimum Gasteiger partial charge on any atom is -0.422 e. The van der Waals surface area contributed by atoms with Gasteiger partial charge in [-0.3, -0.25) is 0 Å². The van der Waals surface area contributed by atoms with Gasteiger partial charge in [-0.05, 0) is 18.2 Å². The van der Waals surface area contributed by atoms with E-state index in [1.165, 1.54) is 0 Å². The normalized spacial score (nSPS) is 11.8. The van der Waals surface area contributed by atoms with Crippen molar-refractivity contribution in [1.82, 2.24) is 4.57 Å². The molecular formula is C10H20BNO3Si. The van der Waals surface area contributed by atoms with Crippen molar-refractivity contribution in [1.29, 1.82) is 0 Å². The van der Waals surface area contributed by atoms with Crippen LogP contribution in [0.15, 0.2) is 18.3 Å². The van der Waals surface area contributed by atoms with Gasteiger partial charge < -0.3 is 19.4 Å². The number of hydrogen-bond donors (Lipinski definition) is 2. The van der Waals surface area contributed by atoms with Crippen LogP contribution >= 0.6 is 0 Å². The Hall–Kier alpha value is -0.558. The highest BCUT2D eigenvalue weighted by Gasteiger charge is 2.16. The van der Waals surface area contributed by atoms with Crippen LogP contribution < -0.4 is 5.59 Å². The van der Waals surface area contributed by atoms with Gasteiger partial charge in [0.25, 0.3) is 0 Å². The Kier molecular flexibility index (Phi) is 4.79. The Morgan fingerprint density at radius 1 is 1.38 bits per heavy atom. The molecule has 0 saturated heterocycles. The van der Waals surface area contributed by atoms with Gasteiger partial charge in [-0.1, -0.05) is 19.6 Å². The quantitative estimate of drug-likeness (QED) is 0.562. The molecule has 0 amide bonds. The third-order valence-corrected chi connectivity index (χ3v) is 4.06. The third-order valence-electron chi connectivity index (χ3n) is 2.36. The van der Waals surface area contributed by atoms with Gasteiger partial charge in [-0.15, -0.1) is 0 Å². The van der Waals surface area contributed by atoms with Gasteiger partial charge in [0, 0.05) is 26.5 Å². The maximum absolute atomic E-state index is 9.07. The molecule has 0 atom stereocenters. The summed E-state index contributed by atoms with van der Waals surface area (Å²) in [5, 5.41) is 18.1. The van der Waals surface area contributed by atoms with Crippen LogP contribution in [0, 0.1) is 0 Å². The van der Waals surface area contributed by atoms with Gasteiger partial charge in [0.1, 0.15) is 6.73 Å². The van der Waals surface area contributed by atoms with Gasteiger partial charge >= 0.3 is 7.12 Å². The topological polar surface area (TPSA) is 54.6 Å². The van der Waals surface area contributed by atoms with Crippen molar-refractivity contribution in [3.05, 3.63) is 18.3 Å². The van der Waals surface area contributed by atoms with Crippen LogP contribution in [0.25, 0.3) is 0 Å². The molecule has 90 valence electrons. The van der Waals surface area contributed by atoms with E-state index in [2.05, 4.69) is 19.6 Å². The van der Waals surface area contributed by atoms with Crippen molar-refractivity contribution in [3.63, 3.8) is 0 Å². The number of nitrogens with zero attached hydrogens (tertiary/aromatic N) is 1. The van der Waals surface area contributed by atoms with E-state index >= 15 is 0 Å². The lowest BCUT2D eigenvalue weighted by Gasteiger charge is -2.16. The van der Waals surface area contributed by atoms with Crippen molar-refractivity contribution < 1.29 is 14.8 Å².